The zero-order valence-electron chi connectivity index (χ0n) is 16.6. The van der Waals surface area contributed by atoms with E-state index in [2.05, 4.69) is 69.2 Å². The predicted molar refractivity (Wildman–Crippen MR) is 112 cm³/mol. The van der Waals surface area contributed by atoms with Crippen molar-refractivity contribution in [2.75, 3.05) is 11.4 Å². The number of hydrogen-bond donors (Lipinski definition) is 0. The van der Waals surface area contributed by atoms with Crippen molar-refractivity contribution < 1.29 is 0 Å². The summed E-state index contributed by atoms with van der Waals surface area (Å²) in [4.78, 5) is 2.17. The number of benzene rings is 1. The first-order chi connectivity index (χ1) is 12.4. The molecule has 1 unspecified atom stereocenters. The maximum absolute atomic E-state index is 10.1. The van der Waals surface area contributed by atoms with Crippen LogP contribution in [0.1, 0.15) is 46.1 Å². The number of nitrogens with zero attached hydrogens (tertiary/aromatic N) is 2. The van der Waals surface area contributed by atoms with Crippen LogP contribution in [0.2, 0.25) is 0 Å². The summed E-state index contributed by atoms with van der Waals surface area (Å²) in [6.45, 7) is 17.7. The van der Waals surface area contributed by atoms with Gasteiger partial charge in [0.2, 0.25) is 0 Å². The monoisotopic (exact) mass is 346 g/mol. The molecule has 1 atom stereocenters. The molecule has 26 heavy (non-hydrogen) atoms. The van der Waals surface area contributed by atoms with Crippen LogP contribution >= 0.6 is 0 Å². The highest BCUT2D eigenvalue weighted by atomic mass is 15.2. The van der Waals surface area contributed by atoms with E-state index in [1.807, 2.05) is 19.1 Å². The average molecular weight is 347 g/mol. The molecular weight excluding hydrogens is 316 g/mol. The maximum atomic E-state index is 10.1. The van der Waals surface area contributed by atoms with E-state index in [1.165, 1.54) is 5.56 Å². The highest BCUT2D eigenvalue weighted by Crippen LogP contribution is 2.48. The lowest BCUT2D eigenvalue weighted by atomic mass is 9.75. The lowest BCUT2D eigenvalue weighted by Crippen LogP contribution is -2.25. The molecule has 0 saturated carbocycles. The molecule has 0 spiro atoms. The van der Waals surface area contributed by atoms with Gasteiger partial charge in [-0.1, -0.05) is 56.4 Å². The van der Waals surface area contributed by atoms with E-state index in [9.17, 15) is 5.26 Å². The van der Waals surface area contributed by atoms with Gasteiger partial charge in [0.15, 0.2) is 0 Å². The highest BCUT2D eigenvalue weighted by molar-refractivity contribution is 5.63. The van der Waals surface area contributed by atoms with Gasteiger partial charge in [0.25, 0.3) is 0 Å². The van der Waals surface area contributed by atoms with Crippen molar-refractivity contribution >= 4 is 5.69 Å². The van der Waals surface area contributed by atoms with E-state index >= 15 is 0 Å². The van der Waals surface area contributed by atoms with Crippen LogP contribution in [0.3, 0.4) is 0 Å². The van der Waals surface area contributed by atoms with Crippen molar-refractivity contribution in [1.82, 2.24) is 0 Å². The third kappa shape index (κ3) is 3.53. The Hall–Kier alpha value is -2.53. The van der Waals surface area contributed by atoms with Crippen molar-refractivity contribution in [1.29, 1.82) is 5.26 Å². The van der Waals surface area contributed by atoms with Crippen LogP contribution in [-0.2, 0) is 6.42 Å². The molecule has 1 heterocycles. The average Bonchev–Trinajstić information content (AvgIpc) is 2.97. The molecule has 1 aromatic carbocycles. The van der Waals surface area contributed by atoms with E-state index in [0.717, 1.165) is 47.5 Å². The van der Waals surface area contributed by atoms with Gasteiger partial charge >= 0.3 is 0 Å². The summed E-state index contributed by atoms with van der Waals surface area (Å²) in [5.41, 5.74) is 5.60. The molecule has 0 aromatic heterocycles. The highest BCUT2D eigenvalue weighted by Gasteiger charge is 2.45. The first-order valence-corrected chi connectivity index (χ1v) is 9.38. The van der Waals surface area contributed by atoms with Gasteiger partial charge in [0.1, 0.15) is 5.41 Å². The molecule has 1 fully saturated rings. The minimum absolute atomic E-state index is 0.714. The van der Waals surface area contributed by atoms with Crippen molar-refractivity contribution in [2.24, 2.45) is 5.41 Å². The van der Waals surface area contributed by atoms with Crippen LogP contribution < -0.4 is 4.90 Å². The van der Waals surface area contributed by atoms with Crippen molar-refractivity contribution in [3.8, 4) is 6.07 Å². The third-order valence-corrected chi connectivity index (χ3v) is 5.22. The van der Waals surface area contributed by atoms with Gasteiger partial charge in [-0.3, -0.25) is 0 Å². The lowest BCUT2D eigenvalue weighted by Gasteiger charge is -2.29. The normalized spacial score (nSPS) is 19.7. The van der Waals surface area contributed by atoms with E-state index in [-0.39, 0.29) is 0 Å². The molecule has 2 rings (SSSR count). The second kappa shape index (κ2) is 8.23. The number of rotatable bonds is 6. The van der Waals surface area contributed by atoms with Gasteiger partial charge in [-0.25, -0.2) is 0 Å². The van der Waals surface area contributed by atoms with Crippen LogP contribution in [0, 0.1) is 16.7 Å². The Labute approximate surface area is 158 Å². The summed E-state index contributed by atoms with van der Waals surface area (Å²) in [5, 5.41) is 10.1. The molecule has 2 nitrogen and oxygen atoms in total. The Kier molecular flexibility index (Phi) is 6.27. The Morgan fingerprint density at radius 3 is 2.46 bits per heavy atom. The Morgan fingerprint density at radius 1 is 1.31 bits per heavy atom. The SMILES string of the molecule is C=C(C(/C=C\C)=C(C)C)C1(C#N)CCN(c2ccc(CCC)cc2)C1=C. The Bertz CT molecular complexity index is 782. The second-order valence-corrected chi connectivity index (χ2v) is 7.17. The fourth-order valence-corrected chi connectivity index (χ4v) is 3.68. The standard InChI is InChI=1S/C24H30N2/c1-7-9-21-11-13-22(14-12-21)26-16-15-24(17-25,20(26)6)19(5)23(10-8-2)18(3)4/h8,10-14H,5-7,9,15-16H2,1-4H3/b10-8-. The first kappa shape index (κ1) is 19.8. The molecule has 0 aliphatic carbocycles. The van der Waals surface area contributed by atoms with E-state index in [1.54, 1.807) is 0 Å². The smallest absolute Gasteiger partial charge is 0.123 e. The van der Waals surface area contributed by atoms with E-state index in [4.69, 9.17) is 0 Å². The second-order valence-electron chi connectivity index (χ2n) is 7.17. The molecular formula is C24H30N2. The summed E-state index contributed by atoms with van der Waals surface area (Å²) in [6.07, 6.45) is 7.00. The summed E-state index contributed by atoms with van der Waals surface area (Å²) in [7, 11) is 0. The number of allylic oxidation sites excluding steroid dienone is 5. The van der Waals surface area contributed by atoms with Crippen LogP contribution in [0.4, 0.5) is 5.69 Å². The number of aryl methyl sites for hydroxylation is 1. The van der Waals surface area contributed by atoms with Crippen LogP contribution in [0.15, 0.2) is 72.0 Å². The molecule has 1 aromatic rings. The largest absolute Gasteiger partial charge is 0.344 e. The van der Waals surface area contributed by atoms with Gasteiger partial charge in [-0.15, -0.1) is 0 Å². The van der Waals surface area contributed by atoms with Gasteiger partial charge in [-0.2, -0.15) is 5.26 Å². The maximum Gasteiger partial charge on any atom is 0.123 e. The summed E-state index contributed by atoms with van der Waals surface area (Å²) >= 11 is 0. The van der Waals surface area contributed by atoms with E-state index < -0.39 is 5.41 Å². The zero-order chi connectivity index (χ0) is 19.3. The molecule has 1 aliphatic heterocycles. The predicted octanol–water partition coefficient (Wildman–Crippen LogP) is 6.34. The molecule has 0 amide bonds. The lowest BCUT2D eigenvalue weighted by molar-refractivity contribution is 0.602. The minimum atomic E-state index is -0.742. The summed E-state index contributed by atoms with van der Waals surface area (Å²) < 4.78 is 0. The molecule has 0 N–H and O–H groups in total. The Balaban J connectivity index is 2.36. The number of nitriles is 1. The number of hydrogen-bond acceptors (Lipinski definition) is 2. The van der Waals surface area contributed by atoms with Crippen LogP contribution in [0.25, 0.3) is 0 Å². The van der Waals surface area contributed by atoms with Crippen molar-refractivity contribution in [3.05, 3.63) is 77.6 Å². The van der Waals surface area contributed by atoms with Crippen LogP contribution in [-0.4, -0.2) is 6.54 Å². The topological polar surface area (TPSA) is 27.0 Å². The first-order valence-electron chi connectivity index (χ1n) is 9.38. The van der Waals surface area contributed by atoms with Gasteiger partial charge in [0, 0.05) is 17.9 Å². The molecule has 136 valence electrons. The zero-order valence-corrected chi connectivity index (χ0v) is 16.6. The molecule has 0 radical (unpaired) electrons. The van der Waals surface area contributed by atoms with Crippen molar-refractivity contribution in [3.63, 3.8) is 0 Å². The molecule has 2 heteroatoms. The summed E-state index contributed by atoms with van der Waals surface area (Å²) in [6, 6.07) is 11.2. The third-order valence-electron chi connectivity index (χ3n) is 5.22. The minimum Gasteiger partial charge on any atom is -0.344 e. The molecule has 0 bridgehead atoms. The quantitative estimate of drug-likeness (QED) is 0.562. The molecule has 1 saturated heterocycles. The summed E-state index contributed by atoms with van der Waals surface area (Å²) in [5.74, 6) is 0. The fourth-order valence-electron chi connectivity index (χ4n) is 3.68. The fraction of sp³-hybridized carbons (Fsp3) is 0.375. The molecule has 1 aliphatic rings. The van der Waals surface area contributed by atoms with Gasteiger partial charge in [-0.05, 0) is 62.5 Å². The van der Waals surface area contributed by atoms with Gasteiger partial charge < -0.3 is 4.90 Å². The Morgan fingerprint density at radius 2 is 1.96 bits per heavy atom. The van der Waals surface area contributed by atoms with Gasteiger partial charge in [0.05, 0.1) is 6.07 Å². The van der Waals surface area contributed by atoms with Crippen molar-refractivity contribution in [2.45, 2.75) is 47.0 Å². The van der Waals surface area contributed by atoms with E-state index in [0.29, 0.717) is 6.42 Å². The number of anilines is 1. The van der Waals surface area contributed by atoms with Crippen LogP contribution in [0.5, 0.6) is 0 Å².